The Morgan fingerprint density at radius 1 is 1.21 bits per heavy atom. The van der Waals surface area contributed by atoms with Crippen molar-refractivity contribution < 1.29 is 0 Å². The molecule has 0 radical (unpaired) electrons. The molecular weight excluding hydrogens is 234 g/mol. The van der Waals surface area contributed by atoms with Crippen molar-refractivity contribution >= 4 is 0 Å². The van der Waals surface area contributed by atoms with Gasteiger partial charge in [-0.05, 0) is 70.6 Å². The number of piperidine rings is 1. The van der Waals surface area contributed by atoms with Gasteiger partial charge >= 0.3 is 0 Å². The van der Waals surface area contributed by atoms with Crippen LogP contribution in [0.4, 0.5) is 0 Å². The number of likely N-dealkylation sites (tertiary alicyclic amines) is 1. The lowest BCUT2D eigenvalue weighted by atomic mass is 9.78. The minimum Gasteiger partial charge on any atom is -0.329 e. The van der Waals surface area contributed by atoms with Gasteiger partial charge in [-0.1, -0.05) is 13.3 Å². The van der Waals surface area contributed by atoms with Crippen molar-refractivity contribution in [2.45, 2.75) is 57.0 Å². The van der Waals surface area contributed by atoms with E-state index in [1.54, 1.807) is 0 Å². The van der Waals surface area contributed by atoms with E-state index in [9.17, 15) is 0 Å². The van der Waals surface area contributed by atoms with Crippen LogP contribution < -0.4 is 5.73 Å². The van der Waals surface area contributed by atoms with Gasteiger partial charge < -0.3 is 10.6 Å². The van der Waals surface area contributed by atoms with Crippen molar-refractivity contribution in [2.75, 3.05) is 33.2 Å². The second-order valence-corrected chi connectivity index (χ2v) is 7.16. The normalized spacial score (nSPS) is 40.4. The van der Waals surface area contributed by atoms with Crippen molar-refractivity contribution in [3.8, 4) is 0 Å². The SMILES string of the molecule is CCN1CCC(N(C)C2(CN)CC3CCC2C3)CC1. The molecule has 3 nitrogen and oxygen atoms in total. The molecule has 3 rings (SSSR count). The van der Waals surface area contributed by atoms with Gasteiger partial charge in [-0.25, -0.2) is 0 Å². The third-order valence-electron chi connectivity index (χ3n) is 6.55. The average Bonchev–Trinajstić information content (AvgIpc) is 3.07. The van der Waals surface area contributed by atoms with Crippen molar-refractivity contribution in [2.24, 2.45) is 17.6 Å². The molecule has 2 aliphatic carbocycles. The summed E-state index contributed by atoms with van der Waals surface area (Å²) >= 11 is 0. The molecule has 3 fully saturated rings. The molecule has 0 spiro atoms. The molecule has 0 aromatic rings. The number of hydrogen-bond acceptors (Lipinski definition) is 3. The number of nitrogens with two attached hydrogens (primary N) is 1. The number of hydrogen-bond donors (Lipinski definition) is 1. The number of nitrogens with zero attached hydrogens (tertiary/aromatic N) is 2. The van der Waals surface area contributed by atoms with Gasteiger partial charge in [0.1, 0.15) is 0 Å². The van der Waals surface area contributed by atoms with Crippen molar-refractivity contribution in [3.05, 3.63) is 0 Å². The maximum absolute atomic E-state index is 6.26. The van der Waals surface area contributed by atoms with Crippen LogP contribution >= 0.6 is 0 Å². The standard InChI is InChI=1S/C16H31N3/c1-3-19-8-6-15(7-9-19)18(2)16(12-17)11-13-4-5-14(16)10-13/h13-15H,3-12,17H2,1-2H3. The molecule has 110 valence electrons. The van der Waals surface area contributed by atoms with E-state index in [-0.39, 0.29) is 0 Å². The minimum absolute atomic E-state index is 0.349. The molecule has 2 bridgehead atoms. The van der Waals surface area contributed by atoms with Gasteiger partial charge in [0.2, 0.25) is 0 Å². The third-order valence-corrected chi connectivity index (χ3v) is 6.55. The van der Waals surface area contributed by atoms with Gasteiger partial charge in [0.05, 0.1) is 0 Å². The summed E-state index contributed by atoms with van der Waals surface area (Å²) < 4.78 is 0. The molecule has 0 aromatic heterocycles. The van der Waals surface area contributed by atoms with E-state index < -0.39 is 0 Å². The minimum atomic E-state index is 0.349. The highest BCUT2D eigenvalue weighted by Gasteiger charge is 2.53. The molecule has 1 saturated heterocycles. The van der Waals surface area contributed by atoms with E-state index in [1.165, 1.54) is 58.2 Å². The molecule has 3 unspecified atom stereocenters. The molecule has 3 atom stereocenters. The molecular formula is C16H31N3. The van der Waals surface area contributed by atoms with Crippen molar-refractivity contribution in [1.82, 2.24) is 9.80 Å². The summed E-state index contributed by atoms with van der Waals surface area (Å²) in [6, 6.07) is 0.769. The number of rotatable bonds is 4. The van der Waals surface area contributed by atoms with E-state index in [0.29, 0.717) is 5.54 Å². The number of fused-ring (bicyclic) bond motifs is 2. The van der Waals surface area contributed by atoms with Gasteiger partial charge in [-0.2, -0.15) is 0 Å². The van der Waals surface area contributed by atoms with Crippen LogP contribution in [-0.2, 0) is 0 Å². The Hall–Kier alpha value is -0.120. The zero-order valence-electron chi connectivity index (χ0n) is 12.8. The summed E-state index contributed by atoms with van der Waals surface area (Å²) in [5.74, 6) is 1.86. The average molecular weight is 265 g/mol. The van der Waals surface area contributed by atoms with Gasteiger partial charge in [0.15, 0.2) is 0 Å². The van der Waals surface area contributed by atoms with Crippen LogP contribution in [0.3, 0.4) is 0 Å². The van der Waals surface area contributed by atoms with Crippen LogP contribution in [0, 0.1) is 11.8 Å². The van der Waals surface area contributed by atoms with Crippen molar-refractivity contribution in [3.63, 3.8) is 0 Å². The zero-order chi connectivity index (χ0) is 13.5. The maximum atomic E-state index is 6.26. The van der Waals surface area contributed by atoms with Crippen LogP contribution in [-0.4, -0.2) is 54.6 Å². The lowest BCUT2D eigenvalue weighted by Crippen LogP contribution is -2.60. The van der Waals surface area contributed by atoms with E-state index in [2.05, 4.69) is 23.8 Å². The monoisotopic (exact) mass is 265 g/mol. The highest BCUT2D eigenvalue weighted by molar-refractivity contribution is 5.09. The van der Waals surface area contributed by atoms with Crippen molar-refractivity contribution in [1.29, 1.82) is 0 Å². The molecule has 1 aliphatic heterocycles. The Kier molecular flexibility index (Phi) is 3.89. The summed E-state index contributed by atoms with van der Waals surface area (Å²) in [6.07, 6.45) is 8.40. The molecule has 2 N–H and O–H groups in total. The van der Waals surface area contributed by atoms with E-state index >= 15 is 0 Å². The summed E-state index contributed by atoms with van der Waals surface area (Å²) in [5, 5.41) is 0. The maximum Gasteiger partial charge on any atom is 0.0362 e. The summed E-state index contributed by atoms with van der Waals surface area (Å²) in [4.78, 5) is 5.31. The Balaban J connectivity index is 1.67. The topological polar surface area (TPSA) is 32.5 Å². The summed E-state index contributed by atoms with van der Waals surface area (Å²) in [5.41, 5.74) is 6.61. The molecule has 0 amide bonds. The van der Waals surface area contributed by atoms with E-state index in [1.807, 2.05) is 0 Å². The molecule has 3 heteroatoms. The fourth-order valence-electron chi connectivity index (χ4n) is 5.23. The Morgan fingerprint density at radius 2 is 1.95 bits per heavy atom. The fraction of sp³-hybridized carbons (Fsp3) is 1.00. The lowest BCUT2D eigenvalue weighted by Gasteiger charge is -2.50. The van der Waals surface area contributed by atoms with Crippen LogP contribution in [0.25, 0.3) is 0 Å². The predicted octanol–water partition coefficient (Wildman–Crippen LogP) is 1.92. The molecule has 2 saturated carbocycles. The fourth-order valence-corrected chi connectivity index (χ4v) is 5.23. The first-order valence-electron chi connectivity index (χ1n) is 8.35. The van der Waals surface area contributed by atoms with Gasteiger partial charge in [-0.15, -0.1) is 0 Å². The molecule has 3 aliphatic rings. The second-order valence-electron chi connectivity index (χ2n) is 7.16. The first kappa shape index (κ1) is 13.8. The molecule has 19 heavy (non-hydrogen) atoms. The summed E-state index contributed by atoms with van der Waals surface area (Å²) in [7, 11) is 2.37. The smallest absolute Gasteiger partial charge is 0.0362 e. The molecule has 0 aromatic carbocycles. The Labute approximate surface area is 118 Å². The highest BCUT2D eigenvalue weighted by atomic mass is 15.2. The van der Waals surface area contributed by atoms with Crippen LogP contribution in [0.1, 0.15) is 45.4 Å². The molecule has 1 heterocycles. The van der Waals surface area contributed by atoms with Crippen LogP contribution in [0.15, 0.2) is 0 Å². The largest absolute Gasteiger partial charge is 0.329 e. The first-order chi connectivity index (χ1) is 9.19. The second kappa shape index (κ2) is 5.34. The lowest BCUT2D eigenvalue weighted by molar-refractivity contribution is 0.00440. The van der Waals surface area contributed by atoms with E-state index in [0.717, 1.165) is 24.4 Å². The Morgan fingerprint density at radius 3 is 2.42 bits per heavy atom. The third kappa shape index (κ3) is 2.24. The Bertz CT molecular complexity index is 311. The van der Waals surface area contributed by atoms with Crippen LogP contribution in [0.5, 0.6) is 0 Å². The van der Waals surface area contributed by atoms with Gasteiger partial charge in [-0.3, -0.25) is 4.90 Å². The quantitative estimate of drug-likeness (QED) is 0.843. The highest BCUT2D eigenvalue weighted by Crippen LogP contribution is 2.53. The van der Waals surface area contributed by atoms with Gasteiger partial charge in [0, 0.05) is 18.1 Å². The zero-order valence-corrected chi connectivity index (χ0v) is 12.8. The number of likely N-dealkylation sites (N-methyl/N-ethyl adjacent to an activating group) is 1. The van der Waals surface area contributed by atoms with Crippen LogP contribution in [0.2, 0.25) is 0 Å². The predicted molar refractivity (Wildman–Crippen MR) is 80.1 cm³/mol. The first-order valence-corrected chi connectivity index (χ1v) is 8.35. The summed E-state index contributed by atoms with van der Waals surface area (Å²) in [6.45, 7) is 6.92. The van der Waals surface area contributed by atoms with E-state index in [4.69, 9.17) is 5.73 Å². The van der Waals surface area contributed by atoms with Gasteiger partial charge in [0.25, 0.3) is 0 Å².